The van der Waals surface area contributed by atoms with Crippen molar-refractivity contribution < 1.29 is 9.53 Å². The van der Waals surface area contributed by atoms with E-state index in [1.54, 1.807) is 24.3 Å². The second kappa shape index (κ2) is 10.1. The normalized spacial score (nSPS) is 14.1. The summed E-state index contributed by atoms with van der Waals surface area (Å²) < 4.78 is 5.67. The molecule has 5 rings (SSSR count). The molecule has 1 aliphatic heterocycles. The van der Waals surface area contributed by atoms with E-state index in [1.165, 1.54) is 0 Å². The minimum Gasteiger partial charge on any atom is -0.484 e. The van der Waals surface area contributed by atoms with Crippen molar-refractivity contribution in [2.24, 2.45) is 0 Å². The molecule has 0 bridgehead atoms. The summed E-state index contributed by atoms with van der Waals surface area (Å²) in [5, 5.41) is 0.637. The van der Waals surface area contributed by atoms with Crippen LogP contribution in [0.5, 0.6) is 5.75 Å². The molecule has 1 saturated heterocycles. The number of nitrogens with zero attached hydrogens (tertiary/aromatic N) is 4. The third-order valence-electron chi connectivity index (χ3n) is 5.92. The third kappa shape index (κ3) is 4.97. The molecule has 0 N–H and O–H groups in total. The van der Waals surface area contributed by atoms with Crippen LogP contribution in [0.3, 0.4) is 0 Å². The minimum atomic E-state index is -0.0234. The highest BCUT2D eigenvalue weighted by molar-refractivity contribution is 6.30. The lowest BCUT2D eigenvalue weighted by Crippen LogP contribution is -2.38. The van der Waals surface area contributed by atoms with Gasteiger partial charge in [-0.1, -0.05) is 54.1 Å². The Balaban J connectivity index is 1.33. The number of ether oxygens (including phenoxy) is 1. The zero-order chi connectivity index (χ0) is 23.3. The average molecular weight is 473 g/mol. The molecule has 34 heavy (non-hydrogen) atoms. The standard InChI is InChI=1S/C27H25ClN4O2/c28-21-11-13-22(14-12-21)34-19-25(33)31-15-6-16-32(18-17-31)27-26(20-7-2-1-3-8-20)29-23-9-4-5-10-24(23)30-27/h1-5,7-14H,6,15-19H2. The molecular formula is C27H25ClN4O2. The molecule has 1 aliphatic rings. The van der Waals surface area contributed by atoms with Crippen LogP contribution in [0, 0.1) is 0 Å². The maximum absolute atomic E-state index is 12.8. The van der Waals surface area contributed by atoms with Gasteiger partial charge in [-0.25, -0.2) is 9.97 Å². The number of aromatic nitrogens is 2. The van der Waals surface area contributed by atoms with Gasteiger partial charge in [0, 0.05) is 36.8 Å². The molecule has 0 unspecified atom stereocenters. The highest BCUT2D eigenvalue weighted by Crippen LogP contribution is 2.30. The van der Waals surface area contributed by atoms with Crippen LogP contribution in [0.4, 0.5) is 5.82 Å². The number of fused-ring (bicyclic) bond motifs is 1. The summed E-state index contributed by atoms with van der Waals surface area (Å²) in [7, 11) is 0. The highest BCUT2D eigenvalue weighted by Gasteiger charge is 2.23. The molecule has 1 amide bonds. The second-order valence-corrected chi connectivity index (χ2v) is 8.65. The van der Waals surface area contributed by atoms with Crippen LogP contribution in [-0.2, 0) is 4.79 Å². The Morgan fingerprint density at radius 1 is 0.824 bits per heavy atom. The molecule has 1 aromatic heterocycles. The van der Waals surface area contributed by atoms with Crippen LogP contribution in [0.25, 0.3) is 22.3 Å². The summed E-state index contributed by atoms with van der Waals surface area (Å²) >= 11 is 5.92. The number of halogens is 1. The Morgan fingerprint density at radius 3 is 2.29 bits per heavy atom. The topological polar surface area (TPSA) is 58.6 Å². The summed E-state index contributed by atoms with van der Waals surface area (Å²) in [5.41, 5.74) is 3.64. The van der Waals surface area contributed by atoms with E-state index in [4.69, 9.17) is 26.3 Å². The van der Waals surface area contributed by atoms with Crippen molar-refractivity contribution in [1.29, 1.82) is 0 Å². The third-order valence-corrected chi connectivity index (χ3v) is 6.18. The Labute approximate surface area is 203 Å². The first-order chi connectivity index (χ1) is 16.7. The van der Waals surface area contributed by atoms with Crippen LogP contribution >= 0.6 is 11.6 Å². The predicted molar refractivity (Wildman–Crippen MR) is 135 cm³/mol. The second-order valence-electron chi connectivity index (χ2n) is 8.21. The SMILES string of the molecule is O=C(COc1ccc(Cl)cc1)N1CCCN(c2nc3ccccc3nc2-c2ccccc2)CC1. The maximum Gasteiger partial charge on any atom is 0.260 e. The van der Waals surface area contributed by atoms with E-state index in [0.29, 0.717) is 30.4 Å². The molecule has 0 radical (unpaired) electrons. The number of rotatable bonds is 5. The van der Waals surface area contributed by atoms with Gasteiger partial charge in [0.05, 0.1) is 11.0 Å². The number of benzene rings is 3. The first-order valence-corrected chi connectivity index (χ1v) is 11.8. The number of amides is 1. The number of carbonyl (C=O) groups excluding carboxylic acids is 1. The smallest absolute Gasteiger partial charge is 0.260 e. The van der Waals surface area contributed by atoms with E-state index in [-0.39, 0.29) is 12.5 Å². The molecule has 6 nitrogen and oxygen atoms in total. The van der Waals surface area contributed by atoms with E-state index in [0.717, 1.165) is 41.1 Å². The van der Waals surface area contributed by atoms with Crippen LogP contribution in [0.15, 0.2) is 78.9 Å². The van der Waals surface area contributed by atoms with Crippen molar-refractivity contribution in [1.82, 2.24) is 14.9 Å². The molecule has 3 aromatic carbocycles. The summed E-state index contributed by atoms with van der Waals surface area (Å²) in [6, 6.07) is 25.1. The maximum atomic E-state index is 12.8. The predicted octanol–water partition coefficient (Wildman–Crippen LogP) is 5.07. The lowest BCUT2D eigenvalue weighted by Gasteiger charge is -2.25. The van der Waals surface area contributed by atoms with E-state index in [1.807, 2.05) is 47.4 Å². The van der Waals surface area contributed by atoms with E-state index < -0.39 is 0 Å². The first-order valence-electron chi connectivity index (χ1n) is 11.4. The first kappa shape index (κ1) is 22.2. The fourth-order valence-corrected chi connectivity index (χ4v) is 4.27. The number of anilines is 1. The molecule has 0 saturated carbocycles. The highest BCUT2D eigenvalue weighted by atomic mass is 35.5. The molecule has 172 valence electrons. The van der Waals surface area contributed by atoms with Gasteiger partial charge in [0.15, 0.2) is 12.4 Å². The van der Waals surface area contributed by atoms with Gasteiger partial charge in [-0.3, -0.25) is 4.79 Å². The summed E-state index contributed by atoms with van der Waals surface area (Å²) in [6.45, 7) is 2.77. The van der Waals surface area contributed by atoms with Gasteiger partial charge in [-0.2, -0.15) is 0 Å². The molecule has 0 spiro atoms. The molecule has 2 heterocycles. The van der Waals surface area contributed by atoms with Crippen LogP contribution < -0.4 is 9.64 Å². The van der Waals surface area contributed by atoms with Gasteiger partial charge >= 0.3 is 0 Å². The Hall–Kier alpha value is -3.64. The van der Waals surface area contributed by atoms with Gasteiger partial charge in [-0.15, -0.1) is 0 Å². The summed E-state index contributed by atoms with van der Waals surface area (Å²) in [5.74, 6) is 1.47. The van der Waals surface area contributed by atoms with Gasteiger partial charge in [0.1, 0.15) is 11.4 Å². The summed E-state index contributed by atoms with van der Waals surface area (Å²) in [6.07, 6.45) is 0.843. The molecule has 0 atom stereocenters. The Kier molecular flexibility index (Phi) is 6.58. The Morgan fingerprint density at radius 2 is 1.53 bits per heavy atom. The molecule has 1 fully saturated rings. The van der Waals surface area contributed by atoms with Crippen LogP contribution in [0.1, 0.15) is 6.42 Å². The molecular weight excluding hydrogens is 448 g/mol. The van der Waals surface area contributed by atoms with Crippen LogP contribution in [-0.4, -0.2) is 53.6 Å². The van der Waals surface area contributed by atoms with Gasteiger partial charge in [-0.05, 0) is 42.8 Å². The van der Waals surface area contributed by atoms with Crippen molar-refractivity contribution in [3.8, 4) is 17.0 Å². The van der Waals surface area contributed by atoms with Crippen LogP contribution in [0.2, 0.25) is 5.02 Å². The van der Waals surface area contributed by atoms with Gasteiger partial charge in [0.25, 0.3) is 5.91 Å². The zero-order valence-electron chi connectivity index (χ0n) is 18.7. The fraction of sp³-hybridized carbons (Fsp3) is 0.222. The van der Waals surface area contributed by atoms with E-state index in [2.05, 4.69) is 17.0 Å². The summed E-state index contributed by atoms with van der Waals surface area (Å²) in [4.78, 5) is 26.9. The minimum absolute atomic E-state index is 0.00662. The van der Waals surface area contributed by atoms with Crippen molar-refractivity contribution in [3.63, 3.8) is 0 Å². The monoisotopic (exact) mass is 472 g/mol. The zero-order valence-corrected chi connectivity index (χ0v) is 19.5. The fourth-order valence-electron chi connectivity index (χ4n) is 4.15. The molecule has 7 heteroatoms. The Bertz CT molecular complexity index is 1280. The molecule has 0 aliphatic carbocycles. The van der Waals surface area contributed by atoms with Crippen molar-refractivity contribution in [3.05, 3.63) is 83.9 Å². The van der Waals surface area contributed by atoms with Crippen molar-refractivity contribution in [2.45, 2.75) is 6.42 Å². The number of para-hydroxylation sites is 2. The number of carbonyl (C=O) groups is 1. The van der Waals surface area contributed by atoms with E-state index >= 15 is 0 Å². The number of hydrogen-bond acceptors (Lipinski definition) is 5. The van der Waals surface area contributed by atoms with Gasteiger partial charge in [0.2, 0.25) is 0 Å². The van der Waals surface area contributed by atoms with Gasteiger partial charge < -0.3 is 14.5 Å². The van der Waals surface area contributed by atoms with Crippen molar-refractivity contribution in [2.75, 3.05) is 37.7 Å². The quantitative estimate of drug-likeness (QED) is 0.406. The largest absolute Gasteiger partial charge is 0.484 e. The average Bonchev–Trinajstić information content (AvgIpc) is 3.14. The van der Waals surface area contributed by atoms with E-state index in [9.17, 15) is 4.79 Å². The lowest BCUT2D eigenvalue weighted by atomic mass is 10.1. The molecule has 4 aromatic rings. The number of hydrogen-bond donors (Lipinski definition) is 0. The van der Waals surface area contributed by atoms with Crippen molar-refractivity contribution >= 4 is 34.4 Å². The lowest BCUT2D eigenvalue weighted by molar-refractivity contribution is -0.133.